The van der Waals surface area contributed by atoms with Crippen LogP contribution in [0.1, 0.15) is 32.2 Å². The van der Waals surface area contributed by atoms with E-state index in [4.69, 9.17) is 4.74 Å². The molecule has 1 aliphatic heterocycles. The van der Waals surface area contributed by atoms with Crippen LogP contribution in [0.5, 0.6) is 0 Å². The summed E-state index contributed by atoms with van der Waals surface area (Å²) in [6, 6.07) is 0.229. The largest absolute Gasteiger partial charge is 0.394 e. The Labute approximate surface area is 221 Å². The van der Waals surface area contributed by atoms with E-state index >= 15 is 0 Å². The topological polar surface area (TPSA) is 141 Å². The summed E-state index contributed by atoms with van der Waals surface area (Å²) >= 11 is 0.881. The van der Waals surface area contributed by atoms with Crippen LogP contribution < -0.4 is 0 Å². The van der Waals surface area contributed by atoms with Gasteiger partial charge in [0.05, 0.1) is 18.9 Å². The van der Waals surface area contributed by atoms with Crippen molar-refractivity contribution in [1.82, 2.24) is 19.9 Å². The Hall–Kier alpha value is -2.23. The first-order valence-electron chi connectivity index (χ1n) is 12.3. The third kappa shape index (κ3) is 6.00. The zero-order valence-electron chi connectivity index (χ0n) is 20.8. The number of carbonyl (C=O) groups excluding carboxylic acids is 1. The maximum Gasteiger partial charge on any atom is 0.238 e. The Bertz CT molecular complexity index is 1120. The second-order valence-electron chi connectivity index (χ2n) is 9.73. The van der Waals surface area contributed by atoms with E-state index in [1.165, 1.54) is 6.20 Å². The number of ether oxygens (including phenoxy) is 1. The highest BCUT2D eigenvalue weighted by atomic mass is 32.2. The molecule has 38 heavy (non-hydrogen) atoms. The number of amides is 1. The molecular weight excluding hydrogens is 529 g/mol. The van der Waals surface area contributed by atoms with Gasteiger partial charge in [0, 0.05) is 19.2 Å². The van der Waals surface area contributed by atoms with Gasteiger partial charge in [-0.05, 0) is 37.3 Å². The Morgan fingerprint density at radius 2 is 1.89 bits per heavy atom. The molecule has 1 aromatic carbocycles. The fourth-order valence-corrected chi connectivity index (χ4v) is 5.91. The van der Waals surface area contributed by atoms with Crippen LogP contribution in [0, 0.1) is 23.4 Å². The first-order chi connectivity index (χ1) is 18.0. The van der Waals surface area contributed by atoms with Crippen molar-refractivity contribution in [2.24, 2.45) is 5.92 Å². The van der Waals surface area contributed by atoms with E-state index in [9.17, 15) is 38.4 Å². The fourth-order valence-electron chi connectivity index (χ4n) is 4.42. The highest BCUT2D eigenvalue weighted by Crippen LogP contribution is 2.39. The number of nitrogens with zero attached hydrogens (tertiary/aromatic N) is 4. The summed E-state index contributed by atoms with van der Waals surface area (Å²) < 4.78 is 47.6. The number of hydrogen-bond acceptors (Lipinski definition) is 9. The quantitative estimate of drug-likeness (QED) is 0.314. The number of carbonyl (C=O) groups is 1. The molecule has 7 atom stereocenters. The molecule has 10 nitrogen and oxygen atoms in total. The standard InChI is InChI=1S/C24H31F3N4O6S/c1-3-16(33)22(23(36)30(2)8-11-4-5-11)38-24-21(35)19(20(34)17(10-32)37-24)31-9-15(28-29-31)12-6-13(25)18(27)14(26)7-12/h6-7,9,11,16-17,19-22,24,32-35H,3-5,8,10H2,1-2H3/t16-,17+,19-,20-,21+,22-,24-/m0/s1. The van der Waals surface area contributed by atoms with Crippen molar-refractivity contribution < 1.29 is 43.1 Å². The van der Waals surface area contributed by atoms with E-state index in [1.807, 2.05) is 0 Å². The van der Waals surface area contributed by atoms with E-state index in [1.54, 1.807) is 18.9 Å². The zero-order valence-corrected chi connectivity index (χ0v) is 21.6. The molecule has 2 fully saturated rings. The van der Waals surface area contributed by atoms with Crippen molar-refractivity contribution in [1.29, 1.82) is 0 Å². The van der Waals surface area contributed by atoms with Gasteiger partial charge in [-0.25, -0.2) is 17.9 Å². The number of hydrogen-bond donors (Lipinski definition) is 4. The lowest BCUT2D eigenvalue weighted by Crippen LogP contribution is -2.56. The van der Waals surface area contributed by atoms with Crippen LogP contribution in [0.3, 0.4) is 0 Å². The Balaban J connectivity index is 1.59. The summed E-state index contributed by atoms with van der Waals surface area (Å²) in [4.78, 5) is 14.7. The molecular formula is C24H31F3N4O6S. The average Bonchev–Trinajstić information content (AvgIpc) is 3.58. The van der Waals surface area contributed by atoms with Crippen molar-refractivity contribution in [2.75, 3.05) is 20.2 Å². The monoisotopic (exact) mass is 560 g/mol. The lowest BCUT2D eigenvalue weighted by atomic mass is 9.97. The Morgan fingerprint density at radius 1 is 1.24 bits per heavy atom. The molecule has 0 spiro atoms. The van der Waals surface area contributed by atoms with Gasteiger partial charge in [0.1, 0.15) is 40.7 Å². The minimum atomic E-state index is -1.64. The molecule has 2 aromatic rings. The van der Waals surface area contributed by atoms with E-state index in [0.29, 0.717) is 12.5 Å². The van der Waals surface area contributed by atoms with Gasteiger partial charge in [-0.2, -0.15) is 0 Å². The minimum Gasteiger partial charge on any atom is -0.394 e. The predicted molar refractivity (Wildman–Crippen MR) is 130 cm³/mol. The molecule has 0 unspecified atom stereocenters. The Morgan fingerprint density at radius 3 is 2.47 bits per heavy atom. The van der Waals surface area contributed by atoms with Crippen LogP contribution >= 0.6 is 11.8 Å². The van der Waals surface area contributed by atoms with Gasteiger partial charge in [0.25, 0.3) is 0 Å². The lowest BCUT2D eigenvalue weighted by molar-refractivity contribution is -0.178. The lowest BCUT2D eigenvalue weighted by Gasteiger charge is -2.43. The molecule has 0 radical (unpaired) electrons. The zero-order chi connectivity index (χ0) is 27.7. The second-order valence-corrected chi connectivity index (χ2v) is 11.0. The van der Waals surface area contributed by atoms with Crippen molar-refractivity contribution in [3.05, 3.63) is 35.8 Å². The van der Waals surface area contributed by atoms with E-state index < -0.39 is 65.2 Å². The van der Waals surface area contributed by atoms with Crippen LogP contribution in [0.2, 0.25) is 0 Å². The van der Waals surface area contributed by atoms with Gasteiger partial charge >= 0.3 is 0 Å². The molecule has 1 saturated carbocycles. The third-order valence-corrected chi connectivity index (χ3v) is 8.31. The number of rotatable bonds is 10. The van der Waals surface area contributed by atoms with E-state index in [-0.39, 0.29) is 23.6 Å². The van der Waals surface area contributed by atoms with Crippen LogP contribution in [0.25, 0.3) is 11.3 Å². The minimum absolute atomic E-state index is 0.0606. The van der Waals surface area contributed by atoms with Gasteiger partial charge in [-0.1, -0.05) is 12.1 Å². The van der Waals surface area contributed by atoms with E-state index in [2.05, 4.69) is 10.3 Å². The summed E-state index contributed by atoms with van der Waals surface area (Å²) in [7, 11) is 1.65. The molecule has 2 aliphatic rings. The maximum absolute atomic E-state index is 13.7. The summed E-state index contributed by atoms with van der Waals surface area (Å²) in [6.45, 7) is 1.63. The van der Waals surface area contributed by atoms with Gasteiger partial charge in [0.2, 0.25) is 5.91 Å². The molecule has 14 heteroatoms. The molecule has 2 heterocycles. The van der Waals surface area contributed by atoms with Gasteiger partial charge in [0.15, 0.2) is 17.5 Å². The highest BCUT2D eigenvalue weighted by molar-refractivity contribution is 8.01. The van der Waals surface area contributed by atoms with Crippen LogP contribution in [-0.2, 0) is 9.53 Å². The second kappa shape index (κ2) is 11.9. The van der Waals surface area contributed by atoms with Crippen LogP contribution in [0.4, 0.5) is 13.2 Å². The van der Waals surface area contributed by atoms with Gasteiger partial charge < -0.3 is 30.1 Å². The predicted octanol–water partition coefficient (Wildman–Crippen LogP) is 1.08. The molecule has 210 valence electrons. The number of thioether (sulfide) groups is 1. The molecule has 4 rings (SSSR count). The molecule has 1 amide bonds. The number of halogens is 3. The molecule has 1 saturated heterocycles. The normalized spacial score (nSPS) is 27.2. The number of aromatic nitrogens is 3. The van der Waals surface area contributed by atoms with Crippen molar-refractivity contribution in [2.45, 2.75) is 67.3 Å². The highest BCUT2D eigenvalue weighted by Gasteiger charge is 2.48. The first kappa shape index (κ1) is 28.8. The number of benzene rings is 1. The maximum atomic E-state index is 13.7. The molecule has 0 bridgehead atoms. The molecule has 1 aliphatic carbocycles. The fraction of sp³-hybridized carbons (Fsp3) is 0.625. The van der Waals surface area contributed by atoms with Gasteiger partial charge in [-0.3, -0.25) is 4.79 Å². The third-order valence-electron chi connectivity index (χ3n) is 6.84. The Kier molecular flexibility index (Phi) is 9.00. The van der Waals surface area contributed by atoms with E-state index in [0.717, 1.165) is 41.4 Å². The van der Waals surface area contributed by atoms with Crippen molar-refractivity contribution in [3.8, 4) is 11.3 Å². The molecule has 4 N–H and O–H groups in total. The van der Waals surface area contributed by atoms with Crippen LogP contribution in [0.15, 0.2) is 18.3 Å². The summed E-state index contributed by atoms with van der Waals surface area (Å²) in [5.74, 6) is -4.39. The van der Waals surface area contributed by atoms with Gasteiger partial charge in [-0.15, -0.1) is 16.9 Å². The first-order valence-corrected chi connectivity index (χ1v) is 13.3. The summed E-state index contributed by atoms with van der Waals surface area (Å²) in [5, 5.41) is 49.2. The summed E-state index contributed by atoms with van der Waals surface area (Å²) in [5.41, 5.74) is -1.35. The number of aliphatic hydroxyl groups excluding tert-OH is 4. The van der Waals surface area contributed by atoms with Crippen molar-refractivity contribution in [3.63, 3.8) is 0 Å². The average molecular weight is 561 g/mol. The molecule has 1 aromatic heterocycles. The summed E-state index contributed by atoms with van der Waals surface area (Å²) in [6.07, 6.45) is -1.69. The SMILES string of the molecule is CC[C@H](O)[C@H](S[C@@H]1O[C@H](CO)[C@H](O)[C@H](n2cc(-c3cc(F)c(F)c(F)c3)nn2)[C@H]1O)C(=O)N(C)CC1CC1. The van der Waals surface area contributed by atoms with Crippen LogP contribution in [-0.4, -0.2) is 102 Å². The number of aliphatic hydroxyl groups is 4. The van der Waals surface area contributed by atoms with Crippen molar-refractivity contribution >= 4 is 17.7 Å². The smallest absolute Gasteiger partial charge is 0.238 e.